The molecule has 5 heteroatoms. The number of nitrogens with one attached hydrogen (secondary N) is 1. The molecular formula is C18H28N2O3. The molecule has 0 aliphatic heterocycles. The van der Waals surface area contributed by atoms with Gasteiger partial charge in [-0.1, -0.05) is 19.9 Å². The molecule has 1 aliphatic carbocycles. The zero-order valence-corrected chi connectivity index (χ0v) is 14.9. The van der Waals surface area contributed by atoms with Gasteiger partial charge in [0.2, 0.25) is 0 Å². The molecule has 3 N–H and O–H groups in total. The maximum Gasteiger partial charge on any atom is 0.412 e. The van der Waals surface area contributed by atoms with Crippen LogP contribution in [0.25, 0.3) is 0 Å². The van der Waals surface area contributed by atoms with Crippen LogP contribution in [0.2, 0.25) is 0 Å². The first-order valence-electron chi connectivity index (χ1n) is 7.98. The van der Waals surface area contributed by atoms with Gasteiger partial charge >= 0.3 is 6.09 Å². The molecule has 128 valence electrons. The van der Waals surface area contributed by atoms with Crippen molar-refractivity contribution in [2.45, 2.75) is 46.1 Å². The van der Waals surface area contributed by atoms with E-state index in [0.717, 1.165) is 0 Å². The highest BCUT2D eigenvalue weighted by atomic mass is 16.6. The van der Waals surface area contributed by atoms with Crippen molar-refractivity contribution >= 4 is 11.8 Å². The van der Waals surface area contributed by atoms with Gasteiger partial charge in [0.1, 0.15) is 11.4 Å². The Hall–Kier alpha value is -1.75. The number of rotatable bonds is 4. The van der Waals surface area contributed by atoms with Gasteiger partial charge in [-0.2, -0.15) is 0 Å². The van der Waals surface area contributed by atoms with E-state index in [1.54, 1.807) is 7.11 Å². The predicted octanol–water partition coefficient (Wildman–Crippen LogP) is 3.74. The Morgan fingerprint density at radius 3 is 2.48 bits per heavy atom. The van der Waals surface area contributed by atoms with E-state index in [1.807, 2.05) is 39.0 Å². The second-order valence-electron chi connectivity index (χ2n) is 7.73. The molecule has 2 unspecified atom stereocenters. The van der Waals surface area contributed by atoms with Crippen LogP contribution in [0.4, 0.5) is 10.5 Å². The Morgan fingerprint density at radius 1 is 1.35 bits per heavy atom. The Kier molecular flexibility index (Phi) is 4.62. The van der Waals surface area contributed by atoms with Crippen LogP contribution in [0.15, 0.2) is 18.2 Å². The number of hydrogen-bond acceptors (Lipinski definition) is 4. The van der Waals surface area contributed by atoms with E-state index < -0.39 is 11.7 Å². The summed E-state index contributed by atoms with van der Waals surface area (Å²) >= 11 is 0. The van der Waals surface area contributed by atoms with Crippen LogP contribution in [0.3, 0.4) is 0 Å². The highest BCUT2D eigenvalue weighted by molar-refractivity contribution is 5.87. The minimum absolute atomic E-state index is 0.208. The Bertz CT molecular complexity index is 590. The first kappa shape index (κ1) is 17.6. The molecule has 0 saturated heterocycles. The zero-order valence-electron chi connectivity index (χ0n) is 14.9. The molecule has 2 rings (SSSR count). The summed E-state index contributed by atoms with van der Waals surface area (Å²) in [4.78, 5) is 11.9. The molecule has 2 atom stereocenters. The van der Waals surface area contributed by atoms with Crippen molar-refractivity contribution in [1.29, 1.82) is 0 Å². The van der Waals surface area contributed by atoms with E-state index >= 15 is 0 Å². The fourth-order valence-corrected chi connectivity index (χ4v) is 3.26. The number of carbonyl (C=O) groups excluding carboxylic acids is 1. The lowest BCUT2D eigenvalue weighted by Gasteiger charge is -2.20. The maximum atomic E-state index is 11.9. The summed E-state index contributed by atoms with van der Waals surface area (Å²) in [6.07, 6.45) is -0.491. The lowest BCUT2D eigenvalue weighted by atomic mass is 10.0. The van der Waals surface area contributed by atoms with Crippen molar-refractivity contribution < 1.29 is 14.3 Å². The smallest absolute Gasteiger partial charge is 0.412 e. The van der Waals surface area contributed by atoms with Crippen LogP contribution in [-0.4, -0.2) is 25.3 Å². The summed E-state index contributed by atoms with van der Waals surface area (Å²) in [6.45, 7) is 10.6. The number of ether oxygens (including phenoxy) is 2. The van der Waals surface area contributed by atoms with Gasteiger partial charge in [0.05, 0.1) is 12.8 Å². The molecule has 5 nitrogen and oxygen atoms in total. The van der Waals surface area contributed by atoms with Crippen LogP contribution in [-0.2, 0) is 4.74 Å². The third-order valence-corrected chi connectivity index (χ3v) is 4.52. The molecule has 0 heterocycles. The van der Waals surface area contributed by atoms with Crippen LogP contribution >= 0.6 is 0 Å². The van der Waals surface area contributed by atoms with Gasteiger partial charge in [0.15, 0.2) is 0 Å². The van der Waals surface area contributed by atoms with Gasteiger partial charge < -0.3 is 15.2 Å². The van der Waals surface area contributed by atoms with E-state index in [4.69, 9.17) is 15.2 Å². The number of amides is 1. The monoisotopic (exact) mass is 320 g/mol. The number of anilines is 1. The summed E-state index contributed by atoms with van der Waals surface area (Å²) in [5.74, 6) is 1.54. The number of nitrogens with two attached hydrogens (primary N) is 1. The summed E-state index contributed by atoms with van der Waals surface area (Å²) in [5.41, 5.74) is 7.32. The van der Waals surface area contributed by atoms with E-state index in [1.165, 1.54) is 5.56 Å². The van der Waals surface area contributed by atoms with Gasteiger partial charge in [-0.05, 0) is 62.3 Å². The molecule has 23 heavy (non-hydrogen) atoms. The average molecular weight is 320 g/mol. The Labute approximate surface area is 138 Å². The molecule has 1 amide bonds. The number of methoxy groups -OCH3 is 1. The predicted molar refractivity (Wildman–Crippen MR) is 91.9 cm³/mol. The summed E-state index contributed by atoms with van der Waals surface area (Å²) < 4.78 is 10.7. The van der Waals surface area contributed by atoms with Crippen LogP contribution < -0.4 is 15.8 Å². The first-order chi connectivity index (χ1) is 10.6. The molecule has 0 spiro atoms. The normalized spacial score (nSPS) is 22.4. The lowest BCUT2D eigenvalue weighted by Crippen LogP contribution is -2.27. The van der Waals surface area contributed by atoms with Gasteiger partial charge in [0.25, 0.3) is 0 Å². The third-order valence-electron chi connectivity index (χ3n) is 4.52. The highest BCUT2D eigenvalue weighted by Gasteiger charge is 2.57. The van der Waals surface area contributed by atoms with Gasteiger partial charge in [-0.3, -0.25) is 5.32 Å². The number of carbonyl (C=O) groups is 1. The van der Waals surface area contributed by atoms with Gasteiger partial charge in [0, 0.05) is 0 Å². The van der Waals surface area contributed by atoms with Crippen molar-refractivity contribution in [3.05, 3.63) is 23.8 Å². The first-order valence-corrected chi connectivity index (χ1v) is 7.98. The van der Waals surface area contributed by atoms with E-state index in [2.05, 4.69) is 19.2 Å². The van der Waals surface area contributed by atoms with Crippen molar-refractivity contribution in [2.75, 3.05) is 19.0 Å². The second-order valence-corrected chi connectivity index (χ2v) is 7.73. The van der Waals surface area contributed by atoms with Crippen LogP contribution in [0, 0.1) is 11.3 Å². The third kappa shape index (κ3) is 3.78. The van der Waals surface area contributed by atoms with Crippen LogP contribution in [0.1, 0.15) is 46.1 Å². The van der Waals surface area contributed by atoms with E-state index in [0.29, 0.717) is 29.8 Å². The Balaban J connectivity index is 2.16. The summed E-state index contributed by atoms with van der Waals surface area (Å²) in [5, 5.41) is 2.74. The van der Waals surface area contributed by atoms with Crippen molar-refractivity contribution in [1.82, 2.24) is 0 Å². The Morgan fingerprint density at radius 2 is 2.00 bits per heavy atom. The molecular weight excluding hydrogens is 292 g/mol. The second kappa shape index (κ2) is 6.04. The molecule has 1 saturated carbocycles. The average Bonchev–Trinajstić information content (AvgIpc) is 2.98. The quantitative estimate of drug-likeness (QED) is 0.886. The van der Waals surface area contributed by atoms with E-state index in [9.17, 15) is 4.79 Å². The van der Waals surface area contributed by atoms with Crippen molar-refractivity contribution in [3.8, 4) is 5.75 Å². The molecule has 0 radical (unpaired) electrons. The standard InChI is InChI=1S/C18H28N2O3/c1-17(2,3)23-16(21)20-13-8-7-11(9-14(13)22-6)15-12(10-19)18(15,4)5/h7-9,12,15H,10,19H2,1-6H3,(H,20,21). The fraction of sp³-hybridized carbons (Fsp3) is 0.611. The maximum absolute atomic E-state index is 11.9. The molecule has 1 fully saturated rings. The zero-order chi connectivity index (χ0) is 17.4. The summed E-state index contributed by atoms with van der Waals surface area (Å²) in [7, 11) is 1.60. The SMILES string of the molecule is COc1cc(C2C(CN)C2(C)C)ccc1NC(=O)OC(C)(C)C. The molecule has 1 aliphatic rings. The largest absolute Gasteiger partial charge is 0.495 e. The summed E-state index contributed by atoms with van der Waals surface area (Å²) in [6, 6.07) is 5.87. The number of hydrogen-bond donors (Lipinski definition) is 2. The molecule has 0 bridgehead atoms. The topological polar surface area (TPSA) is 73.6 Å². The van der Waals surface area contributed by atoms with Crippen molar-refractivity contribution in [3.63, 3.8) is 0 Å². The van der Waals surface area contributed by atoms with Crippen molar-refractivity contribution in [2.24, 2.45) is 17.1 Å². The van der Waals surface area contributed by atoms with E-state index in [-0.39, 0.29) is 5.41 Å². The van der Waals surface area contributed by atoms with Gasteiger partial charge in [-0.25, -0.2) is 4.79 Å². The van der Waals surface area contributed by atoms with Gasteiger partial charge in [-0.15, -0.1) is 0 Å². The minimum atomic E-state index is -0.538. The fourth-order valence-electron chi connectivity index (χ4n) is 3.26. The van der Waals surface area contributed by atoms with Crippen LogP contribution in [0.5, 0.6) is 5.75 Å². The minimum Gasteiger partial charge on any atom is -0.495 e. The number of benzene rings is 1. The molecule has 0 aromatic heterocycles. The molecule has 1 aromatic rings. The highest BCUT2D eigenvalue weighted by Crippen LogP contribution is 2.64. The lowest BCUT2D eigenvalue weighted by molar-refractivity contribution is 0.0635. The molecule has 1 aromatic carbocycles.